The van der Waals surface area contributed by atoms with Crippen LogP contribution in [0.1, 0.15) is 27.2 Å². The predicted octanol–water partition coefficient (Wildman–Crippen LogP) is 2.16. The van der Waals surface area contributed by atoms with E-state index in [4.69, 9.17) is 0 Å². The van der Waals surface area contributed by atoms with Crippen molar-refractivity contribution in [3.8, 4) is 0 Å². The van der Waals surface area contributed by atoms with Crippen molar-refractivity contribution >= 4 is 12.1 Å². The van der Waals surface area contributed by atoms with E-state index in [-0.39, 0.29) is 11.9 Å². The lowest BCUT2D eigenvalue weighted by molar-refractivity contribution is -0.126. The molecule has 1 heterocycles. The molecule has 1 rings (SSSR count). The van der Waals surface area contributed by atoms with Crippen LogP contribution in [0, 0.1) is 0 Å². The standard InChI is InChI=1S/C12H18N2O/c1-5-10-8-14(9(3)4)12(15)11(10)7-13-6-2/h6-7,9H,2,5,8H2,1,3-4H3/b13-7-. The topological polar surface area (TPSA) is 32.7 Å². The van der Waals surface area contributed by atoms with Crippen molar-refractivity contribution in [1.82, 2.24) is 4.90 Å². The van der Waals surface area contributed by atoms with E-state index in [9.17, 15) is 4.79 Å². The summed E-state index contributed by atoms with van der Waals surface area (Å²) in [5.74, 6) is 0.0902. The molecule has 0 N–H and O–H groups in total. The Morgan fingerprint density at radius 3 is 2.73 bits per heavy atom. The van der Waals surface area contributed by atoms with Crippen LogP contribution in [0.4, 0.5) is 0 Å². The first-order valence-electron chi connectivity index (χ1n) is 5.28. The number of amides is 1. The fourth-order valence-electron chi connectivity index (χ4n) is 1.66. The fourth-order valence-corrected chi connectivity index (χ4v) is 1.66. The molecule has 0 saturated carbocycles. The molecule has 0 saturated heterocycles. The number of hydrogen-bond donors (Lipinski definition) is 0. The number of hydrogen-bond acceptors (Lipinski definition) is 2. The van der Waals surface area contributed by atoms with Crippen LogP contribution in [0.2, 0.25) is 0 Å². The second kappa shape index (κ2) is 4.91. The van der Waals surface area contributed by atoms with Gasteiger partial charge in [0.2, 0.25) is 0 Å². The molecule has 1 aliphatic rings. The van der Waals surface area contributed by atoms with Crippen LogP contribution in [0.3, 0.4) is 0 Å². The molecule has 0 aromatic carbocycles. The van der Waals surface area contributed by atoms with Crippen LogP contribution in [-0.4, -0.2) is 29.6 Å². The zero-order valence-corrected chi connectivity index (χ0v) is 9.66. The van der Waals surface area contributed by atoms with E-state index >= 15 is 0 Å². The first-order valence-corrected chi connectivity index (χ1v) is 5.28. The SMILES string of the molecule is C=C/N=C\C1=C(CC)CN(C(C)C)C1=O. The summed E-state index contributed by atoms with van der Waals surface area (Å²) in [4.78, 5) is 17.8. The van der Waals surface area contributed by atoms with Gasteiger partial charge in [0.1, 0.15) is 0 Å². The molecule has 0 unspecified atom stereocenters. The van der Waals surface area contributed by atoms with Gasteiger partial charge in [-0.15, -0.1) is 0 Å². The molecule has 0 fully saturated rings. The third-order valence-electron chi connectivity index (χ3n) is 2.59. The largest absolute Gasteiger partial charge is 0.332 e. The first kappa shape index (κ1) is 11.7. The lowest BCUT2D eigenvalue weighted by Crippen LogP contribution is -2.33. The summed E-state index contributed by atoms with van der Waals surface area (Å²) in [6.45, 7) is 10.4. The average Bonchev–Trinajstić information content (AvgIpc) is 2.52. The summed E-state index contributed by atoms with van der Waals surface area (Å²) >= 11 is 0. The molecule has 1 amide bonds. The summed E-state index contributed by atoms with van der Waals surface area (Å²) in [6.07, 6.45) is 3.97. The molecule has 0 bridgehead atoms. The van der Waals surface area contributed by atoms with Crippen LogP contribution in [-0.2, 0) is 4.79 Å². The van der Waals surface area contributed by atoms with Crippen LogP contribution in [0.5, 0.6) is 0 Å². The van der Waals surface area contributed by atoms with Gasteiger partial charge in [0.05, 0.1) is 5.57 Å². The third kappa shape index (κ3) is 2.35. The normalized spacial score (nSPS) is 17.3. The Hall–Kier alpha value is -1.38. The summed E-state index contributed by atoms with van der Waals surface area (Å²) in [6, 6.07) is 0.244. The smallest absolute Gasteiger partial charge is 0.255 e. The van der Waals surface area contributed by atoms with Gasteiger partial charge < -0.3 is 4.90 Å². The lowest BCUT2D eigenvalue weighted by Gasteiger charge is -2.21. The lowest BCUT2D eigenvalue weighted by atomic mass is 10.1. The van der Waals surface area contributed by atoms with E-state index in [0.717, 1.165) is 18.5 Å². The van der Waals surface area contributed by atoms with Crippen LogP contribution < -0.4 is 0 Å². The number of nitrogens with zero attached hydrogens (tertiary/aromatic N) is 2. The van der Waals surface area contributed by atoms with Gasteiger partial charge in [-0.25, -0.2) is 0 Å². The number of aliphatic imine (C=N–C) groups is 1. The maximum Gasteiger partial charge on any atom is 0.255 e. The highest BCUT2D eigenvalue weighted by Crippen LogP contribution is 2.22. The Labute approximate surface area is 91.2 Å². The van der Waals surface area contributed by atoms with Gasteiger partial charge in [0, 0.05) is 25.0 Å². The van der Waals surface area contributed by atoms with E-state index in [1.165, 1.54) is 11.8 Å². The minimum Gasteiger partial charge on any atom is -0.332 e. The maximum absolute atomic E-state index is 12.0. The van der Waals surface area contributed by atoms with Gasteiger partial charge in [-0.05, 0) is 25.8 Å². The van der Waals surface area contributed by atoms with Gasteiger partial charge in [0.15, 0.2) is 0 Å². The van der Waals surface area contributed by atoms with Gasteiger partial charge in [0.25, 0.3) is 5.91 Å². The summed E-state index contributed by atoms with van der Waals surface area (Å²) in [5, 5.41) is 0. The number of carbonyl (C=O) groups is 1. The van der Waals surface area contributed by atoms with Gasteiger partial charge >= 0.3 is 0 Å². The van der Waals surface area contributed by atoms with Crippen LogP contribution in [0.25, 0.3) is 0 Å². The fraction of sp³-hybridized carbons (Fsp3) is 0.500. The number of carbonyl (C=O) groups excluding carboxylic acids is 1. The highest BCUT2D eigenvalue weighted by Gasteiger charge is 2.29. The summed E-state index contributed by atoms with van der Waals surface area (Å²) in [5.41, 5.74) is 1.91. The first-order chi connectivity index (χ1) is 7.11. The monoisotopic (exact) mass is 206 g/mol. The summed E-state index contributed by atoms with van der Waals surface area (Å²) < 4.78 is 0. The van der Waals surface area contributed by atoms with Gasteiger partial charge in [-0.2, -0.15) is 0 Å². The molecule has 0 aromatic rings. The highest BCUT2D eigenvalue weighted by atomic mass is 16.2. The van der Waals surface area contributed by atoms with Gasteiger partial charge in [-0.3, -0.25) is 9.79 Å². The molecular weight excluding hydrogens is 188 g/mol. The molecule has 15 heavy (non-hydrogen) atoms. The van der Waals surface area contributed by atoms with E-state index in [2.05, 4.69) is 18.5 Å². The molecule has 0 aromatic heterocycles. The Bertz CT molecular complexity index is 327. The van der Waals surface area contributed by atoms with E-state index in [0.29, 0.717) is 0 Å². The average molecular weight is 206 g/mol. The van der Waals surface area contributed by atoms with Crippen molar-refractivity contribution in [2.75, 3.05) is 6.54 Å². The zero-order valence-electron chi connectivity index (χ0n) is 9.66. The Balaban J connectivity index is 2.94. The van der Waals surface area contributed by atoms with Crippen molar-refractivity contribution in [3.05, 3.63) is 23.9 Å². The second-order valence-corrected chi connectivity index (χ2v) is 3.86. The minimum absolute atomic E-state index is 0.0902. The quantitative estimate of drug-likeness (QED) is 0.649. The molecule has 0 atom stereocenters. The highest BCUT2D eigenvalue weighted by molar-refractivity contribution is 6.14. The van der Waals surface area contributed by atoms with Crippen molar-refractivity contribution in [1.29, 1.82) is 0 Å². The maximum atomic E-state index is 12.0. The van der Waals surface area contributed by atoms with Crippen LogP contribution >= 0.6 is 0 Å². The summed E-state index contributed by atoms with van der Waals surface area (Å²) in [7, 11) is 0. The number of rotatable bonds is 4. The zero-order chi connectivity index (χ0) is 11.4. The third-order valence-corrected chi connectivity index (χ3v) is 2.59. The van der Waals surface area contributed by atoms with E-state index in [1.807, 2.05) is 18.7 Å². The van der Waals surface area contributed by atoms with Crippen molar-refractivity contribution in [2.24, 2.45) is 4.99 Å². The van der Waals surface area contributed by atoms with E-state index < -0.39 is 0 Å². The molecule has 0 radical (unpaired) electrons. The van der Waals surface area contributed by atoms with Crippen molar-refractivity contribution in [3.63, 3.8) is 0 Å². The Morgan fingerprint density at radius 1 is 1.60 bits per heavy atom. The van der Waals surface area contributed by atoms with Crippen LogP contribution in [0.15, 0.2) is 28.9 Å². The second-order valence-electron chi connectivity index (χ2n) is 3.86. The molecule has 82 valence electrons. The molecule has 0 spiro atoms. The molecule has 0 aliphatic carbocycles. The molecule has 3 heteroatoms. The van der Waals surface area contributed by atoms with E-state index in [1.54, 1.807) is 6.21 Å². The Kier molecular flexibility index (Phi) is 3.83. The Morgan fingerprint density at radius 2 is 2.27 bits per heavy atom. The molecule has 1 aliphatic heterocycles. The minimum atomic E-state index is 0.0902. The van der Waals surface area contributed by atoms with Crippen molar-refractivity contribution in [2.45, 2.75) is 33.2 Å². The molecular formula is C12H18N2O. The predicted molar refractivity (Wildman–Crippen MR) is 62.9 cm³/mol. The van der Waals surface area contributed by atoms with Crippen molar-refractivity contribution < 1.29 is 4.79 Å². The van der Waals surface area contributed by atoms with Gasteiger partial charge in [-0.1, -0.05) is 13.5 Å². The molecule has 3 nitrogen and oxygen atoms in total.